The molecule has 7 aromatic carbocycles. The molecule has 0 aliphatic heterocycles. The van der Waals surface area contributed by atoms with Crippen LogP contribution in [0.2, 0.25) is 0 Å². The number of rotatable bonds is 3. The molecule has 0 spiro atoms. The van der Waals surface area contributed by atoms with E-state index in [1.165, 1.54) is 76.7 Å². The van der Waals surface area contributed by atoms with Crippen molar-refractivity contribution in [3.8, 4) is 22.3 Å². The Hall–Kier alpha value is -5.40. The standard InChI is InChI=1S/C42H28O/c1-2-11-27(12-3-1)29-14-10-15-30(25-29)40-33-17-6-8-19-35(33)41(36-20-9-7-18-34(36)40)31-22-24-39-38(26-31)37-23-21-28-13-4-5-16-32(28)42(37)43-39/h1-21,23,25-26H,22,24H2. The van der Waals surface area contributed by atoms with E-state index >= 15 is 0 Å². The molecule has 0 radical (unpaired) electrons. The maximum absolute atomic E-state index is 6.54. The number of hydrogen-bond donors (Lipinski definition) is 0. The number of hydrogen-bond acceptors (Lipinski definition) is 1. The SMILES string of the molecule is C1=C(c2c3ccccc3c(-c3cccc(-c4ccccc4)c3)c3ccccc23)CCc2oc3c(ccc4ccccc43)c21. The monoisotopic (exact) mass is 548 g/mol. The predicted molar refractivity (Wildman–Crippen MR) is 182 cm³/mol. The third-order valence-electron chi connectivity index (χ3n) is 9.15. The molecule has 1 aliphatic rings. The highest BCUT2D eigenvalue weighted by Crippen LogP contribution is 2.46. The summed E-state index contributed by atoms with van der Waals surface area (Å²) >= 11 is 0. The largest absolute Gasteiger partial charge is 0.460 e. The first-order valence-electron chi connectivity index (χ1n) is 15.1. The van der Waals surface area contributed by atoms with Gasteiger partial charge in [-0.15, -0.1) is 0 Å². The minimum absolute atomic E-state index is 0.897. The van der Waals surface area contributed by atoms with Gasteiger partial charge >= 0.3 is 0 Å². The van der Waals surface area contributed by atoms with Crippen molar-refractivity contribution in [2.24, 2.45) is 0 Å². The Morgan fingerprint density at radius 1 is 0.419 bits per heavy atom. The zero-order valence-corrected chi connectivity index (χ0v) is 23.7. The smallest absolute Gasteiger partial charge is 0.142 e. The molecule has 0 saturated heterocycles. The van der Waals surface area contributed by atoms with Crippen molar-refractivity contribution < 1.29 is 4.42 Å². The van der Waals surface area contributed by atoms with E-state index in [9.17, 15) is 0 Å². The fourth-order valence-electron chi connectivity index (χ4n) is 7.20. The fraction of sp³-hybridized carbons (Fsp3) is 0.0476. The van der Waals surface area contributed by atoms with Crippen LogP contribution in [0, 0.1) is 0 Å². The average molecular weight is 549 g/mol. The van der Waals surface area contributed by atoms with Crippen LogP contribution in [-0.4, -0.2) is 0 Å². The molecule has 0 unspecified atom stereocenters. The molecular formula is C42H28O. The van der Waals surface area contributed by atoms with Crippen LogP contribution in [0.5, 0.6) is 0 Å². The predicted octanol–water partition coefficient (Wildman–Crippen LogP) is 11.7. The van der Waals surface area contributed by atoms with Gasteiger partial charge in [0.1, 0.15) is 11.3 Å². The summed E-state index contributed by atoms with van der Waals surface area (Å²) in [6.45, 7) is 0. The van der Waals surface area contributed by atoms with Crippen LogP contribution < -0.4 is 0 Å². The van der Waals surface area contributed by atoms with Gasteiger partial charge in [0.2, 0.25) is 0 Å². The van der Waals surface area contributed by atoms with Gasteiger partial charge in [0.25, 0.3) is 0 Å². The Bertz CT molecular complexity index is 2330. The summed E-state index contributed by atoms with van der Waals surface area (Å²) in [7, 11) is 0. The van der Waals surface area contributed by atoms with E-state index in [1.807, 2.05) is 0 Å². The summed E-state index contributed by atoms with van der Waals surface area (Å²) in [5, 5.41) is 8.78. The maximum atomic E-state index is 6.54. The molecule has 0 N–H and O–H groups in total. The maximum Gasteiger partial charge on any atom is 0.142 e. The fourth-order valence-corrected chi connectivity index (χ4v) is 7.20. The number of allylic oxidation sites excluding steroid dienone is 1. The van der Waals surface area contributed by atoms with Crippen LogP contribution in [-0.2, 0) is 6.42 Å². The minimum atomic E-state index is 0.897. The molecule has 1 nitrogen and oxygen atoms in total. The topological polar surface area (TPSA) is 13.1 Å². The quantitative estimate of drug-likeness (QED) is 0.200. The molecular weight excluding hydrogens is 520 g/mol. The molecule has 9 rings (SSSR count). The van der Waals surface area contributed by atoms with E-state index in [-0.39, 0.29) is 0 Å². The molecule has 0 saturated carbocycles. The lowest BCUT2D eigenvalue weighted by Gasteiger charge is -2.21. The van der Waals surface area contributed by atoms with E-state index in [2.05, 4.69) is 146 Å². The molecule has 0 amide bonds. The molecule has 0 bridgehead atoms. The van der Waals surface area contributed by atoms with Gasteiger partial charge in [-0.3, -0.25) is 0 Å². The van der Waals surface area contributed by atoms with Crippen molar-refractivity contribution in [3.63, 3.8) is 0 Å². The lowest BCUT2D eigenvalue weighted by Crippen LogP contribution is -1.99. The van der Waals surface area contributed by atoms with E-state index in [0.717, 1.165) is 24.2 Å². The molecule has 202 valence electrons. The summed E-state index contributed by atoms with van der Waals surface area (Å²) in [5.41, 5.74) is 9.96. The number of furan rings is 1. The summed E-state index contributed by atoms with van der Waals surface area (Å²) in [6.07, 6.45) is 4.25. The third-order valence-corrected chi connectivity index (χ3v) is 9.15. The zero-order chi connectivity index (χ0) is 28.3. The molecule has 0 fully saturated rings. The Labute approximate surface area is 250 Å². The molecule has 1 heterocycles. The molecule has 1 aliphatic carbocycles. The van der Waals surface area contributed by atoms with Gasteiger partial charge in [-0.25, -0.2) is 0 Å². The second kappa shape index (κ2) is 9.58. The summed E-state index contributed by atoms with van der Waals surface area (Å²) < 4.78 is 6.54. The lowest BCUT2D eigenvalue weighted by molar-refractivity contribution is 0.550. The first-order chi connectivity index (χ1) is 21.3. The highest BCUT2D eigenvalue weighted by atomic mass is 16.3. The van der Waals surface area contributed by atoms with Crippen molar-refractivity contribution in [1.29, 1.82) is 0 Å². The summed E-state index contributed by atoms with van der Waals surface area (Å²) in [6, 6.07) is 50.5. The van der Waals surface area contributed by atoms with Crippen molar-refractivity contribution >= 4 is 54.9 Å². The Morgan fingerprint density at radius 2 is 1.02 bits per heavy atom. The van der Waals surface area contributed by atoms with Crippen LogP contribution in [0.1, 0.15) is 23.3 Å². The highest BCUT2D eigenvalue weighted by molar-refractivity contribution is 6.20. The molecule has 43 heavy (non-hydrogen) atoms. The van der Waals surface area contributed by atoms with Gasteiger partial charge in [-0.2, -0.15) is 0 Å². The third kappa shape index (κ3) is 3.78. The lowest BCUT2D eigenvalue weighted by atomic mass is 9.82. The van der Waals surface area contributed by atoms with Gasteiger partial charge < -0.3 is 4.42 Å². The number of benzene rings is 7. The zero-order valence-electron chi connectivity index (χ0n) is 23.7. The van der Waals surface area contributed by atoms with E-state index in [0.29, 0.717) is 0 Å². The number of aryl methyl sites for hydroxylation is 1. The van der Waals surface area contributed by atoms with Crippen molar-refractivity contribution in [2.45, 2.75) is 12.8 Å². The van der Waals surface area contributed by atoms with Gasteiger partial charge in [-0.05, 0) is 85.0 Å². The first kappa shape index (κ1) is 24.2. The second-order valence-electron chi connectivity index (χ2n) is 11.6. The normalized spacial score (nSPS) is 13.1. The van der Waals surface area contributed by atoms with Gasteiger partial charge in [0.15, 0.2) is 0 Å². The van der Waals surface area contributed by atoms with E-state index in [1.54, 1.807) is 0 Å². The van der Waals surface area contributed by atoms with Gasteiger partial charge in [0, 0.05) is 22.8 Å². The number of fused-ring (bicyclic) bond motifs is 7. The summed E-state index contributed by atoms with van der Waals surface area (Å²) in [4.78, 5) is 0. The highest BCUT2D eigenvalue weighted by Gasteiger charge is 2.23. The van der Waals surface area contributed by atoms with Crippen molar-refractivity contribution in [2.75, 3.05) is 0 Å². The van der Waals surface area contributed by atoms with Crippen LogP contribution in [0.4, 0.5) is 0 Å². The average Bonchev–Trinajstić information content (AvgIpc) is 3.46. The summed E-state index contributed by atoms with van der Waals surface area (Å²) in [5.74, 6) is 1.10. The Kier molecular flexibility index (Phi) is 5.39. The van der Waals surface area contributed by atoms with Gasteiger partial charge in [-0.1, -0.05) is 127 Å². The van der Waals surface area contributed by atoms with Crippen LogP contribution >= 0.6 is 0 Å². The van der Waals surface area contributed by atoms with Crippen LogP contribution in [0.15, 0.2) is 144 Å². The molecule has 1 heteroatoms. The molecule has 0 atom stereocenters. The second-order valence-corrected chi connectivity index (χ2v) is 11.6. The molecule has 1 aromatic heterocycles. The van der Waals surface area contributed by atoms with Crippen LogP contribution in [0.3, 0.4) is 0 Å². The Balaban J connectivity index is 1.30. The Morgan fingerprint density at radius 3 is 1.77 bits per heavy atom. The van der Waals surface area contributed by atoms with Gasteiger partial charge in [0.05, 0.1) is 0 Å². The van der Waals surface area contributed by atoms with Crippen LogP contribution in [0.25, 0.3) is 77.2 Å². The van der Waals surface area contributed by atoms with Crippen molar-refractivity contribution in [3.05, 3.63) is 156 Å². The molecule has 8 aromatic rings. The van der Waals surface area contributed by atoms with E-state index in [4.69, 9.17) is 4.42 Å². The van der Waals surface area contributed by atoms with E-state index < -0.39 is 0 Å². The minimum Gasteiger partial charge on any atom is -0.460 e. The van der Waals surface area contributed by atoms with Crippen molar-refractivity contribution in [1.82, 2.24) is 0 Å². The first-order valence-corrected chi connectivity index (χ1v) is 15.1.